The van der Waals surface area contributed by atoms with E-state index in [-0.39, 0.29) is 5.91 Å². The lowest BCUT2D eigenvalue weighted by Crippen LogP contribution is -2.49. The highest BCUT2D eigenvalue weighted by atomic mass is 16.3. The van der Waals surface area contributed by atoms with E-state index < -0.39 is 0 Å². The number of carbonyl (C=O) groups is 1. The molecular weight excluding hydrogens is 302 g/mol. The first-order valence-electron chi connectivity index (χ1n) is 8.70. The molecule has 5 heteroatoms. The van der Waals surface area contributed by atoms with Crippen molar-refractivity contribution in [3.05, 3.63) is 42.3 Å². The van der Waals surface area contributed by atoms with Crippen molar-refractivity contribution in [1.29, 1.82) is 0 Å². The zero-order valence-electron chi connectivity index (χ0n) is 13.9. The number of nitrogens with one attached hydrogen (secondary N) is 1. The van der Waals surface area contributed by atoms with Crippen molar-refractivity contribution in [1.82, 2.24) is 15.2 Å². The van der Waals surface area contributed by atoms with Gasteiger partial charge in [-0.2, -0.15) is 0 Å². The quantitative estimate of drug-likeness (QED) is 0.939. The third-order valence-electron chi connectivity index (χ3n) is 5.29. The standard InChI is InChI=1S/C19H23N3O2/c1-22(17-9-14-7-8-15(10-17)20-14)18(23)11-16-12-24-19(21-16)13-5-3-2-4-6-13/h2-6,12,14-15,17,20H,7-11H2,1H3. The fourth-order valence-electron chi connectivity index (χ4n) is 3.93. The molecule has 2 bridgehead atoms. The highest BCUT2D eigenvalue weighted by molar-refractivity contribution is 5.78. The predicted octanol–water partition coefficient (Wildman–Crippen LogP) is 2.63. The molecular formula is C19H23N3O2. The topological polar surface area (TPSA) is 58.4 Å². The number of oxazole rings is 1. The maximum Gasteiger partial charge on any atom is 0.228 e. The van der Waals surface area contributed by atoms with Crippen LogP contribution in [0, 0.1) is 0 Å². The van der Waals surface area contributed by atoms with Gasteiger partial charge in [0.2, 0.25) is 11.8 Å². The smallest absolute Gasteiger partial charge is 0.228 e. The molecule has 2 fully saturated rings. The second-order valence-electron chi connectivity index (χ2n) is 6.95. The third-order valence-corrected chi connectivity index (χ3v) is 5.29. The van der Waals surface area contributed by atoms with Crippen molar-refractivity contribution in [2.45, 2.75) is 50.2 Å². The van der Waals surface area contributed by atoms with Crippen molar-refractivity contribution >= 4 is 5.91 Å². The van der Waals surface area contributed by atoms with Crippen LogP contribution >= 0.6 is 0 Å². The van der Waals surface area contributed by atoms with Gasteiger partial charge in [0.1, 0.15) is 6.26 Å². The summed E-state index contributed by atoms with van der Waals surface area (Å²) in [5.74, 6) is 0.690. The fourth-order valence-corrected chi connectivity index (χ4v) is 3.93. The molecule has 2 aromatic rings. The number of fused-ring (bicyclic) bond motifs is 2. The Morgan fingerprint density at radius 3 is 2.67 bits per heavy atom. The summed E-state index contributed by atoms with van der Waals surface area (Å²) in [6.45, 7) is 0. The molecule has 1 aromatic carbocycles. The lowest BCUT2D eigenvalue weighted by Gasteiger charge is -2.35. The summed E-state index contributed by atoms with van der Waals surface area (Å²) in [5.41, 5.74) is 1.63. The van der Waals surface area contributed by atoms with Crippen LogP contribution in [0.25, 0.3) is 11.5 Å². The Labute approximate surface area is 142 Å². The summed E-state index contributed by atoms with van der Waals surface area (Å²) in [4.78, 5) is 19.0. The van der Waals surface area contributed by atoms with Crippen molar-refractivity contribution < 1.29 is 9.21 Å². The number of piperidine rings is 1. The monoisotopic (exact) mass is 325 g/mol. The average Bonchev–Trinajstić information content (AvgIpc) is 3.21. The van der Waals surface area contributed by atoms with Gasteiger partial charge in [-0.3, -0.25) is 4.79 Å². The van der Waals surface area contributed by atoms with E-state index in [9.17, 15) is 4.79 Å². The van der Waals surface area contributed by atoms with Crippen LogP contribution in [-0.2, 0) is 11.2 Å². The van der Waals surface area contributed by atoms with Crippen LogP contribution < -0.4 is 5.32 Å². The molecule has 3 heterocycles. The number of carbonyl (C=O) groups excluding carboxylic acids is 1. The second-order valence-corrected chi connectivity index (χ2v) is 6.95. The number of rotatable bonds is 4. The minimum atomic E-state index is 0.120. The van der Waals surface area contributed by atoms with Crippen LogP contribution in [0.5, 0.6) is 0 Å². The molecule has 4 rings (SSSR count). The number of hydrogen-bond acceptors (Lipinski definition) is 4. The van der Waals surface area contributed by atoms with E-state index in [1.165, 1.54) is 12.8 Å². The molecule has 2 saturated heterocycles. The molecule has 1 aromatic heterocycles. The van der Waals surface area contributed by atoms with E-state index in [1.54, 1.807) is 6.26 Å². The Morgan fingerprint density at radius 1 is 1.25 bits per heavy atom. The summed E-state index contributed by atoms with van der Waals surface area (Å²) >= 11 is 0. The van der Waals surface area contributed by atoms with Gasteiger partial charge in [-0.15, -0.1) is 0 Å². The van der Waals surface area contributed by atoms with Gasteiger partial charge in [0.15, 0.2) is 0 Å². The Bertz CT molecular complexity index is 700. The van der Waals surface area contributed by atoms with Gasteiger partial charge in [-0.25, -0.2) is 4.98 Å². The van der Waals surface area contributed by atoms with Crippen LogP contribution in [0.3, 0.4) is 0 Å². The molecule has 24 heavy (non-hydrogen) atoms. The summed E-state index contributed by atoms with van der Waals surface area (Å²) < 4.78 is 5.53. The molecule has 0 saturated carbocycles. The van der Waals surface area contributed by atoms with Gasteiger partial charge in [0.25, 0.3) is 0 Å². The number of nitrogens with zero attached hydrogens (tertiary/aromatic N) is 2. The molecule has 1 amide bonds. The summed E-state index contributed by atoms with van der Waals surface area (Å²) in [6, 6.07) is 11.3. The highest BCUT2D eigenvalue weighted by Crippen LogP contribution is 2.29. The molecule has 0 aliphatic carbocycles. The van der Waals surface area contributed by atoms with E-state index in [0.29, 0.717) is 36.1 Å². The van der Waals surface area contributed by atoms with Crippen LogP contribution in [0.2, 0.25) is 0 Å². The minimum absolute atomic E-state index is 0.120. The van der Waals surface area contributed by atoms with Gasteiger partial charge in [0.05, 0.1) is 12.1 Å². The van der Waals surface area contributed by atoms with Crippen molar-refractivity contribution in [3.63, 3.8) is 0 Å². The van der Waals surface area contributed by atoms with E-state index in [0.717, 1.165) is 18.4 Å². The molecule has 2 aliphatic rings. The van der Waals surface area contributed by atoms with Gasteiger partial charge < -0.3 is 14.6 Å². The molecule has 0 radical (unpaired) electrons. The van der Waals surface area contributed by atoms with Crippen LogP contribution in [0.4, 0.5) is 0 Å². The molecule has 2 aliphatic heterocycles. The average molecular weight is 325 g/mol. The predicted molar refractivity (Wildman–Crippen MR) is 91.4 cm³/mol. The summed E-state index contributed by atoms with van der Waals surface area (Å²) in [5, 5.41) is 3.62. The first-order chi connectivity index (χ1) is 11.7. The normalized spacial score (nSPS) is 25.6. The summed E-state index contributed by atoms with van der Waals surface area (Å²) in [7, 11) is 1.93. The first-order valence-corrected chi connectivity index (χ1v) is 8.70. The Hall–Kier alpha value is -2.14. The highest BCUT2D eigenvalue weighted by Gasteiger charge is 2.36. The van der Waals surface area contributed by atoms with E-state index in [2.05, 4.69) is 10.3 Å². The Morgan fingerprint density at radius 2 is 1.96 bits per heavy atom. The third kappa shape index (κ3) is 3.08. The number of hydrogen-bond donors (Lipinski definition) is 1. The molecule has 2 atom stereocenters. The zero-order chi connectivity index (χ0) is 16.5. The largest absolute Gasteiger partial charge is 0.444 e. The number of amides is 1. The lowest BCUT2D eigenvalue weighted by atomic mass is 9.98. The molecule has 2 unspecified atom stereocenters. The van der Waals surface area contributed by atoms with E-state index in [4.69, 9.17) is 4.42 Å². The van der Waals surface area contributed by atoms with Crippen LogP contribution in [0.15, 0.2) is 41.0 Å². The maximum atomic E-state index is 12.6. The van der Waals surface area contributed by atoms with Crippen LogP contribution in [0.1, 0.15) is 31.4 Å². The van der Waals surface area contributed by atoms with Gasteiger partial charge in [-0.1, -0.05) is 18.2 Å². The fraction of sp³-hybridized carbons (Fsp3) is 0.474. The first kappa shape index (κ1) is 15.4. The summed E-state index contributed by atoms with van der Waals surface area (Å²) in [6.07, 6.45) is 6.51. The number of likely N-dealkylation sites (N-methyl/N-ethyl adjacent to an activating group) is 1. The van der Waals surface area contributed by atoms with Crippen molar-refractivity contribution in [2.75, 3.05) is 7.05 Å². The van der Waals surface area contributed by atoms with Crippen molar-refractivity contribution in [3.8, 4) is 11.5 Å². The molecule has 5 nitrogen and oxygen atoms in total. The van der Waals surface area contributed by atoms with Crippen LogP contribution in [-0.4, -0.2) is 41.0 Å². The molecule has 1 N–H and O–H groups in total. The maximum absolute atomic E-state index is 12.6. The second kappa shape index (κ2) is 6.40. The Balaban J connectivity index is 1.40. The Kier molecular flexibility index (Phi) is 4.10. The number of aromatic nitrogens is 1. The van der Waals surface area contributed by atoms with Crippen molar-refractivity contribution in [2.24, 2.45) is 0 Å². The van der Waals surface area contributed by atoms with E-state index >= 15 is 0 Å². The minimum Gasteiger partial charge on any atom is -0.444 e. The van der Waals surface area contributed by atoms with Gasteiger partial charge in [-0.05, 0) is 37.8 Å². The molecule has 126 valence electrons. The zero-order valence-corrected chi connectivity index (χ0v) is 13.9. The number of benzene rings is 1. The van der Waals surface area contributed by atoms with E-state index in [1.807, 2.05) is 42.3 Å². The van der Waals surface area contributed by atoms with Gasteiger partial charge in [0, 0.05) is 30.7 Å². The SMILES string of the molecule is CN(C(=O)Cc1coc(-c2ccccc2)n1)C1CC2CCC(C1)N2. The lowest BCUT2D eigenvalue weighted by molar-refractivity contribution is -0.132. The van der Waals surface area contributed by atoms with Gasteiger partial charge >= 0.3 is 0 Å². The molecule has 0 spiro atoms.